The first-order chi connectivity index (χ1) is 18.0. The summed E-state index contributed by atoms with van der Waals surface area (Å²) in [6.07, 6.45) is 1.92. The number of amides is 1. The number of hydrogen-bond acceptors (Lipinski definition) is 4. The highest BCUT2D eigenvalue weighted by molar-refractivity contribution is 8.18. The maximum atomic E-state index is 13.5. The smallest absolute Gasteiger partial charge is 0.267 e. The third-order valence-corrected chi connectivity index (χ3v) is 7.00. The minimum absolute atomic E-state index is 0.0421. The molecule has 37 heavy (non-hydrogen) atoms. The molecular formula is C32H28N2O2S. The second-order valence-corrected chi connectivity index (χ2v) is 10.1. The van der Waals surface area contributed by atoms with Crippen molar-refractivity contribution in [2.24, 2.45) is 4.99 Å². The lowest BCUT2D eigenvalue weighted by Crippen LogP contribution is -2.28. The van der Waals surface area contributed by atoms with Gasteiger partial charge in [-0.05, 0) is 72.6 Å². The second-order valence-electron chi connectivity index (χ2n) is 9.06. The second kappa shape index (κ2) is 11.3. The van der Waals surface area contributed by atoms with E-state index >= 15 is 0 Å². The summed E-state index contributed by atoms with van der Waals surface area (Å²) in [5.41, 5.74) is 6.35. The highest BCUT2D eigenvalue weighted by Gasteiger charge is 2.33. The van der Waals surface area contributed by atoms with Gasteiger partial charge in [-0.3, -0.25) is 9.69 Å². The van der Waals surface area contributed by atoms with E-state index in [4.69, 9.17) is 9.73 Å². The van der Waals surface area contributed by atoms with Crippen LogP contribution in [0, 0.1) is 13.8 Å². The molecule has 0 radical (unpaired) electrons. The predicted octanol–water partition coefficient (Wildman–Crippen LogP) is 7.69. The molecule has 4 aromatic rings. The summed E-state index contributed by atoms with van der Waals surface area (Å²) in [7, 11) is 0. The van der Waals surface area contributed by atoms with E-state index in [9.17, 15) is 4.79 Å². The van der Waals surface area contributed by atoms with Crippen LogP contribution in [0.5, 0.6) is 5.75 Å². The molecule has 0 saturated carbocycles. The van der Waals surface area contributed by atoms with Gasteiger partial charge in [-0.2, -0.15) is 0 Å². The van der Waals surface area contributed by atoms with Crippen LogP contribution in [0.15, 0.2) is 113 Å². The number of carbonyl (C=O) groups excluding carboxylic acids is 1. The number of rotatable bonds is 7. The highest BCUT2D eigenvalue weighted by atomic mass is 32.2. The van der Waals surface area contributed by atoms with Gasteiger partial charge in [0.1, 0.15) is 12.4 Å². The Kier molecular flexibility index (Phi) is 7.52. The largest absolute Gasteiger partial charge is 0.489 e. The molecule has 1 fully saturated rings. The van der Waals surface area contributed by atoms with Gasteiger partial charge in [0.05, 0.1) is 17.1 Å². The van der Waals surface area contributed by atoms with Gasteiger partial charge in [-0.1, -0.05) is 90.0 Å². The summed E-state index contributed by atoms with van der Waals surface area (Å²) < 4.78 is 5.95. The molecule has 5 rings (SSSR count). The Morgan fingerprint density at radius 3 is 2.27 bits per heavy atom. The maximum absolute atomic E-state index is 13.5. The average Bonchev–Trinajstić information content (AvgIpc) is 3.19. The number of ether oxygens (including phenoxy) is 1. The van der Waals surface area contributed by atoms with E-state index in [1.54, 1.807) is 4.90 Å². The van der Waals surface area contributed by atoms with Crippen LogP contribution < -0.4 is 4.74 Å². The highest BCUT2D eigenvalue weighted by Crippen LogP contribution is 2.35. The number of carbonyl (C=O) groups is 1. The van der Waals surface area contributed by atoms with Crippen molar-refractivity contribution in [3.05, 3.63) is 136 Å². The Morgan fingerprint density at radius 2 is 1.54 bits per heavy atom. The van der Waals surface area contributed by atoms with Crippen molar-refractivity contribution in [1.82, 2.24) is 4.90 Å². The van der Waals surface area contributed by atoms with E-state index < -0.39 is 0 Å². The van der Waals surface area contributed by atoms with E-state index in [1.165, 1.54) is 22.9 Å². The molecule has 5 heteroatoms. The number of nitrogens with zero attached hydrogens (tertiary/aromatic N) is 2. The molecule has 4 aromatic carbocycles. The Morgan fingerprint density at radius 1 is 0.811 bits per heavy atom. The Balaban J connectivity index is 1.35. The van der Waals surface area contributed by atoms with E-state index in [1.807, 2.05) is 97.9 Å². The lowest BCUT2D eigenvalue weighted by Gasteiger charge is -2.15. The molecule has 0 N–H and O–H groups in total. The zero-order valence-corrected chi connectivity index (χ0v) is 21.7. The number of thioether (sulfide) groups is 1. The van der Waals surface area contributed by atoms with Crippen molar-refractivity contribution in [3.63, 3.8) is 0 Å². The zero-order chi connectivity index (χ0) is 25.6. The summed E-state index contributed by atoms with van der Waals surface area (Å²) in [4.78, 5) is 20.7. The molecule has 0 aliphatic carbocycles. The van der Waals surface area contributed by atoms with Crippen LogP contribution in [0.1, 0.15) is 27.8 Å². The first-order valence-electron chi connectivity index (χ1n) is 12.2. The first kappa shape index (κ1) is 24.6. The summed E-state index contributed by atoms with van der Waals surface area (Å²) in [6.45, 7) is 5.11. The average molecular weight is 505 g/mol. The number of amidine groups is 1. The van der Waals surface area contributed by atoms with Crippen LogP contribution in [0.25, 0.3) is 6.08 Å². The molecule has 184 valence electrons. The van der Waals surface area contributed by atoms with Crippen molar-refractivity contribution < 1.29 is 9.53 Å². The van der Waals surface area contributed by atoms with Crippen LogP contribution >= 0.6 is 11.8 Å². The lowest BCUT2D eigenvalue weighted by atomic mass is 10.1. The number of hydrogen-bond donors (Lipinski definition) is 0. The molecule has 0 atom stereocenters. The van der Waals surface area contributed by atoms with E-state index in [0.29, 0.717) is 23.2 Å². The molecule has 1 saturated heterocycles. The molecular weight excluding hydrogens is 476 g/mol. The van der Waals surface area contributed by atoms with Gasteiger partial charge in [0.25, 0.3) is 5.91 Å². The molecule has 1 aliphatic heterocycles. The van der Waals surface area contributed by atoms with Gasteiger partial charge < -0.3 is 4.74 Å². The van der Waals surface area contributed by atoms with E-state index in [2.05, 4.69) is 25.1 Å². The molecule has 1 amide bonds. The Bertz CT molecular complexity index is 1440. The fourth-order valence-corrected chi connectivity index (χ4v) is 5.00. The maximum Gasteiger partial charge on any atom is 0.267 e. The Hall–Kier alpha value is -4.09. The van der Waals surface area contributed by atoms with E-state index in [0.717, 1.165) is 28.1 Å². The van der Waals surface area contributed by atoms with Crippen molar-refractivity contribution in [2.75, 3.05) is 0 Å². The summed E-state index contributed by atoms with van der Waals surface area (Å²) in [5.74, 6) is 0.751. The molecule has 0 aromatic heterocycles. The number of aryl methyl sites for hydroxylation is 2. The number of aliphatic imine (C=N–C) groups is 1. The van der Waals surface area contributed by atoms with Crippen LogP contribution in [-0.2, 0) is 17.9 Å². The van der Waals surface area contributed by atoms with Gasteiger partial charge in [0.2, 0.25) is 0 Å². The van der Waals surface area contributed by atoms with Gasteiger partial charge in [-0.25, -0.2) is 4.99 Å². The Labute approximate surface area is 222 Å². The SMILES string of the molecule is Cc1ccc(N=C2S/C(=C/c3ccc(OCc4cccc(C)c4)cc3)C(=O)N2Cc2ccccc2)cc1. The first-order valence-corrected chi connectivity index (χ1v) is 13.0. The van der Waals surface area contributed by atoms with Crippen LogP contribution in [0.2, 0.25) is 0 Å². The number of benzene rings is 4. The van der Waals surface area contributed by atoms with Crippen LogP contribution in [0.4, 0.5) is 5.69 Å². The summed E-state index contributed by atoms with van der Waals surface area (Å²) >= 11 is 1.41. The van der Waals surface area contributed by atoms with Crippen molar-refractivity contribution in [1.29, 1.82) is 0 Å². The third-order valence-electron chi connectivity index (χ3n) is 6.00. The fourth-order valence-electron chi connectivity index (χ4n) is 4.01. The molecule has 4 nitrogen and oxygen atoms in total. The molecule has 1 aliphatic rings. The van der Waals surface area contributed by atoms with Crippen LogP contribution in [0.3, 0.4) is 0 Å². The molecule has 0 unspecified atom stereocenters. The lowest BCUT2D eigenvalue weighted by molar-refractivity contribution is -0.122. The zero-order valence-electron chi connectivity index (χ0n) is 20.9. The van der Waals surface area contributed by atoms with Gasteiger partial charge >= 0.3 is 0 Å². The van der Waals surface area contributed by atoms with Gasteiger partial charge in [-0.15, -0.1) is 0 Å². The summed E-state index contributed by atoms with van der Waals surface area (Å²) in [5, 5.41) is 0.682. The normalized spacial score (nSPS) is 15.5. The molecule has 0 spiro atoms. The quantitative estimate of drug-likeness (QED) is 0.242. The summed E-state index contributed by atoms with van der Waals surface area (Å²) in [6, 6.07) is 34.1. The molecule has 1 heterocycles. The minimum atomic E-state index is -0.0421. The van der Waals surface area contributed by atoms with Crippen molar-refractivity contribution >= 4 is 34.6 Å². The van der Waals surface area contributed by atoms with Crippen LogP contribution in [-0.4, -0.2) is 16.0 Å². The topological polar surface area (TPSA) is 41.9 Å². The fraction of sp³-hybridized carbons (Fsp3) is 0.125. The monoisotopic (exact) mass is 504 g/mol. The predicted molar refractivity (Wildman–Crippen MR) is 153 cm³/mol. The van der Waals surface area contributed by atoms with E-state index in [-0.39, 0.29) is 5.91 Å². The molecule has 0 bridgehead atoms. The third kappa shape index (κ3) is 6.38. The van der Waals surface area contributed by atoms with Gasteiger partial charge in [0, 0.05) is 0 Å². The van der Waals surface area contributed by atoms with Crippen molar-refractivity contribution in [3.8, 4) is 5.75 Å². The van der Waals surface area contributed by atoms with Gasteiger partial charge in [0.15, 0.2) is 5.17 Å². The standard InChI is InChI=1S/C32H28N2O2S/c1-23-11-15-28(16-12-23)33-32-34(21-26-8-4-3-5-9-26)31(35)30(37-32)20-25-13-17-29(18-14-25)36-22-27-10-6-7-24(2)19-27/h3-20H,21-22H2,1-2H3/b30-20+,33-32?. The minimum Gasteiger partial charge on any atom is -0.489 e. The van der Waals surface area contributed by atoms with Crippen molar-refractivity contribution in [2.45, 2.75) is 27.0 Å².